The van der Waals surface area contributed by atoms with E-state index in [-0.39, 0.29) is 35.6 Å². The van der Waals surface area contributed by atoms with Gasteiger partial charge in [0.15, 0.2) is 0 Å². The molecule has 0 spiro atoms. The van der Waals surface area contributed by atoms with Crippen LogP contribution in [-0.4, -0.2) is 56.3 Å². The lowest BCUT2D eigenvalue weighted by molar-refractivity contribution is -0.137. The zero-order valence-corrected chi connectivity index (χ0v) is 19.6. The number of hydrogen-bond acceptors (Lipinski definition) is 4. The predicted molar refractivity (Wildman–Crippen MR) is 120 cm³/mol. The van der Waals surface area contributed by atoms with Crippen molar-refractivity contribution in [2.45, 2.75) is 37.3 Å². The maximum Gasteiger partial charge on any atom is 0.416 e. The molecule has 0 atom stereocenters. The SMILES string of the molecule is CC(C)(C)c1ccc(S(=O)(=O)N2CCN(CC(=O)Nc3cccc(C(F)(F)F)c3)CC2)cc1. The first-order valence-corrected chi connectivity index (χ1v) is 12.0. The molecular weight excluding hydrogens is 455 g/mol. The Morgan fingerprint density at radius 2 is 1.55 bits per heavy atom. The molecule has 0 radical (unpaired) electrons. The number of alkyl halides is 3. The van der Waals surface area contributed by atoms with Crippen molar-refractivity contribution in [3.63, 3.8) is 0 Å². The fourth-order valence-electron chi connectivity index (χ4n) is 3.58. The van der Waals surface area contributed by atoms with Crippen LogP contribution in [0.1, 0.15) is 31.9 Å². The lowest BCUT2D eigenvalue weighted by atomic mass is 9.87. The Labute approximate surface area is 192 Å². The fraction of sp³-hybridized carbons (Fsp3) is 0.435. The van der Waals surface area contributed by atoms with Gasteiger partial charge in [-0.15, -0.1) is 0 Å². The number of sulfonamides is 1. The third kappa shape index (κ3) is 6.33. The van der Waals surface area contributed by atoms with E-state index in [1.165, 1.54) is 16.4 Å². The molecule has 1 aliphatic rings. The summed E-state index contributed by atoms with van der Waals surface area (Å²) in [5.74, 6) is -0.455. The predicted octanol–water partition coefficient (Wildman–Crippen LogP) is 3.95. The van der Waals surface area contributed by atoms with Gasteiger partial charge in [0, 0.05) is 31.9 Å². The van der Waals surface area contributed by atoms with Crippen LogP contribution in [0.2, 0.25) is 0 Å². The zero-order chi connectivity index (χ0) is 24.4. The molecule has 1 aliphatic heterocycles. The molecule has 2 aromatic rings. The fourth-order valence-corrected chi connectivity index (χ4v) is 5.00. The van der Waals surface area contributed by atoms with Crippen molar-refractivity contribution in [3.8, 4) is 0 Å². The van der Waals surface area contributed by atoms with Crippen LogP contribution in [0.4, 0.5) is 18.9 Å². The average Bonchev–Trinajstić information content (AvgIpc) is 2.73. The molecule has 0 bridgehead atoms. The minimum Gasteiger partial charge on any atom is -0.325 e. The number of piperazine rings is 1. The highest BCUT2D eigenvalue weighted by Gasteiger charge is 2.31. The first-order chi connectivity index (χ1) is 15.3. The number of hydrogen-bond donors (Lipinski definition) is 1. The van der Waals surface area contributed by atoms with Gasteiger partial charge in [-0.2, -0.15) is 17.5 Å². The highest BCUT2D eigenvalue weighted by molar-refractivity contribution is 7.89. The monoisotopic (exact) mass is 483 g/mol. The summed E-state index contributed by atoms with van der Waals surface area (Å²) in [6.07, 6.45) is -4.49. The number of amides is 1. The van der Waals surface area contributed by atoms with Crippen LogP contribution in [0.25, 0.3) is 0 Å². The molecule has 10 heteroatoms. The highest BCUT2D eigenvalue weighted by atomic mass is 32.2. The molecule has 1 saturated heterocycles. The summed E-state index contributed by atoms with van der Waals surface area (Å²) in [6.45, 7) is 7.26. The number of rotatable bonds is 5. The summed E-state index contributed by atoms with van der Waals surface area (Å²) in [7, 11) is -3.64. The van der Waals surface area contributed by atoms with E-state index >= 15 is 0 Å². The van der Waals surface area contributed by atoms with Crippen molar-refractivity contribution in [2.75, 3.05) is 38.0 Å². The zero-order valence-electron chi connectivity index (χ0n) is 18.8. The molecule has 6 nitrogen and oxygen atoms in total. The molecule has 1 N–H and O–H groups in total. The number of anilines is 1. The topological polar surface area (TPSA) is 69.7 Å². The molecule has 0 unspecified atom stereocenters. The summed E-state index contributed by atoms with van der Waals surface area (Å²) in [6, 6.07) is 11.3. The molecule has 180 valence electrons. The van der Waals surface area contributed by atoms with E-state index in [2.05, 4.69) is 26.1 Å². The van der Waals surface area contributed by atoms with Gasteiger partial charge in [-0.05, 0) is 41.3 Å². The van der Waals surface area contributed by atoms with Crippen LogP contribution in [0.15, 0.2) is 53.4 Å². The van der Waals surface area contributed by atoms with Gasteiger partial charge in [0.25, 0.3) is 0 Å². The summed E-state index contributed by atoms with van der Waals surface area (Å²) >= 11 is 0. The Bertz CT molecular complexity index is 1090. The number of carbonyl (C=O) groups excluding carboxylic acids is 1. The van der Waals surface area contributed by atoms with Crippen molar-refractivity contribution < 1.29 is 26.4 Å². The van der Waals surface area contributed by atoms with E-state index in [9.17, 15) is 26.4 Å². The van der Waals surface area contributed by atoms with Crippen LogP contribution in [0.5, 0.6) is 0 Å². The van der Waals surface area contributed by atoms with Crippen molar-refractivity contribution in [1.29, 1.82) is 0 Å². The molecule has 33 heavy (non-hydrogen) atoms. The van der Waals surface area contributed by atoms with Gasteiger partial charge < -0.3 is 5.32 Å². The Morgan fingerprint density at radius 1 is 0.939 bits per heavy atom. The standard InChI is InChI=1S/C23H28F3N3O3S/c1-22(2,3)17-7-9-20(10-8-17)33(31,32)29-13-11-28(12-14-29)16-21(30)27-19-6-4-5-18(15-19)23(24,25)26/h4-10,15H,11-14,16H2,1-3H3,(H,27,30). The minimum atomic E-state index is -4.49. The quantitative estimate of drug-likeness (QED) is 0.699. The summed E-state index contributed by atoms with van der Waals surface area (Å²) in [5.41, 5.74) is 0.185. The third-order valence-electron chi connectivity index (χ3n) is 5.53. The molecule has 0 aromatic heterocycles. The van der Waals surface area contributed by atoms with E-state index in [0.717, 1.165) is 17.7 Å². The first-order valence-electron chi connectivity index (χ1n) is 10.6. The second-order valence-corrected chi connectivity index (χ2v) is 11.0. The van der Waals surface area contributed by atoms with Crippen molar-refractivity contribution in [1.82, 2.24) is 9.21 Å². The second kappa shape index (κ2) is 9.44. The van der Waals surface area contributed by atoms with Gasteiger partial charge in [-0.1, -0.05) is 39.0 Å². The van der Waals surface area contributed by atoms with Gasteiger partial charge in [-0.3, -0.25) is 9.69 Å². The number of nitrogens with one attached hydrogen (secondary N) is 1. The number of nitrogens with zero attached hydrogens (tertiary/aromatic N) is 2. The van der Waals surface area contributed by atoms with Crippen LogP contribution >= 0.6 is 0 Å². The van der Waals surface area contributed by atoms with Crippen molar-refractivity contribution in [2.24, 2.45) is 0 Å². The third-order valence-corrected chi connectivity index (χ3v) is 7.44. The molecule has 1 heterocycles. The van der Waals surface area contributed by atoms with Crippen molar-refractivity contribution >= 4 is 21.6 Å². The van der Waals surface area contributed by atoms with E-state index in [1.54, 1.807) is 17.0 Å². The van der Waals surface area contributed by atoms with Gasteiger partial charge in [-0.25, -0.2) is 8.42 Å². The van der Waals surface area contributed by atoms with Crippen LogP contribution in [0, 0.1) is 0 Å². The second-order valence-electron chi connectivity index (χ2n) is 9.08. The molecule has 0 aliphatic carbocycles. The molecule has 1 amide bonds. The molecule has 3 rings (SSSR count). The number of carbonyl (C=O) groups is 1. The Hall–Kier alpha value is -2.43. The maximum absolute atomic E-state index is 13.0. The van der Waals surface area contributed by atoms with Crippen LogP contribution in [-0.2, 0) is 26.4 Å². The minimum absolute atomic E-state index is 0.0373. The number of benzene rings is 2. The largest absolute Gasteiger partial charge is 0.416 e. The molecular formula is C23H28F3N3O3S. The smallest absolute Gasteiger partial charge is 0.325 e. The van der Waals surface area contributed by atoms with Crippen LogP contribution < -0.4 is 5.32 Å². The first kappa shape index (κ1) is 25.2. The van der Waals surface area contributed by atoms with Gasteiger partial charge in [0.1, 0.15) is 0 Å². The Balaban J connectivity index is 1.56. The van der Waals surface area contributed by atoms with Crippen molar-refractivity contribution in [3.05, 3.63) is 59.7 Å². The Kier molecular flexibility index (Phi) is 7.21. The van der Waals surface area contributed by atoms with Gasteiger partial charge in [0.05, 0.1) is 17.0 Å². The van der Waals surface area contributed by atoms with Gasteiger partial charge in [0.2, 0.25) is 15.9 Å². The van der Waals surface area contributed by atoms with Crippen LogP contribution in [0.3, 0.4) is 0 Å². The number of halogens is 3. The average molecular weight is 484 g/mol. The lowest BCUT2D eigenvalue weighted by Gasteiger charge is -2.33. The van der Waals surface area contributed by atoms with E-state index < -0.39 is 27.7 Å². The normalized spacial score (nSPS) is 16.5. The lowest BCUT2D eigenvalue weighted by Crippen LogP contribution is -2.50. The van der Waals surface area contributed by atoms with E-state index in [1.807, 2.05) is 12.1 Å². The summed E-state index contributed by atoms with van der Waals surface area (Å²) in [4.78, 5) is 14.3. The van der Waals surface area contributed by atoms with E-state index in [0.29, 0.717) is 13.1 Å². The highest BCUT2D eigenvalue weighted by Crippen LogP contribution is 2.30. The Morgan fingerprint density at radius 3 is 2.09 bits per heavy atom. The van der Waals surface area contributed by atoms with E-state index in [4.69, 9.17) is 0 Å². The molecule has 0 saturated carbocycles. The maximum atomic E-state index is 13.0. The molecule has 1 fully saturated rings. The summed E-state index contributed by atoms with van der Waals surface area (Å²) in [5, 5.41) is 2.47. The summed E-state index contributed by atoms with van der Waals surface area (Å²) < 4.78 is 65.8. The molecule has 2 aromatic carbocycles. The van der Waals surface area contributed by atoms with Gasteiger partial charge >= 0.3 is 6.18 Å².